The van der Waals surface area contributed by atoms with Crippen molar-refractivity contribution in [3.63, 3.8) is 0 Å². The molecule has 1 unspecified atom stereocenters. The summed E-state index contributed by atoms with van der Waals surface area (Å²) in [6.45, 7) is 0. The van der Waals surface area contributed by atoms with Gasteiger partial charge in [-0.1, -0.05) is 63.5 Å². The molecule has 0 amide bonds. The third-order valence-electron chi connectivity index (χ3n) is 3.98. The van der Waals surface area contributed by atoms with Crippen LogP contribution in [0.1, 0.15) is 89.9 Å². The molecule has 1 aliphatic carbocycles. The number of rotatable bonds is 0. The van der Waals surface area contributed by atoms with Crippen LogP contribution < -0.4 is 0 Å². The molecule has 1 rings (SSSR count). The van der Waals surface area contributed by atoms with Gasteiger partial charge in [-0.05, 0) is 38.5 Å². The maximum atomic E-state index is 9.85. The first-order valence-corrected chi connectivity index (χ1v) is 8.22. The zero-order valence-electron chi connectivity index (χ0n) is 12.1. The van der Waals surface area contributed by atoms with Crippen LogP contribution in [-0.2, 0) is 0 Å². The second kappa shape index (κ2) is 11.8. The predicted octanol–water partition coefficient (Wildman–Crippen LogP) is 5.38. The lowest BCUT2D eigenvalue weighted by atomic mass is 10.0. The fraction of sp³-hybridized carbons (Fsp3) is 0.882. The van der Waals surface area contributed by atoms with Gasteiger partial charge in [0.25, 0.3) is 0 Å². The van der Waals surface area contributed by atoms with Gasteiger partial charge in [-0.2, -0.15) is 0 Å². The average molecular weight is 252 g/mol. The first kappa shape index (κ1) is 15.8. The molecule has 1 N–H and O–H groups in total. The number of hydrogen-bond donors (Lipinski definition) is 1. The van der Waals surface area contributed by atoms with E-state index in [-0.39, 0.29) is 6.10 Å². The van der Waals surface area contributed by atoms with Crippen LogP contribution in [0.2, 0.25) is 0 Å². The summed E-state index contributed by atoms with van der Waals surface area (Å²) >= 11 is 0. The van der Waals surface area contributed by atoms with E-state index in [1.807, 2.05) is 0 Å². The van der Waals surface area contributed by atoms with Crippen molar-refractivity contribution >= 4 is 0 Å². The van der Waals surface area contributed by atoms with Crippen molar-refractivity contribution in [1.29, 1.82) is 0 Å². The standard InChI is InChI=1S/C17H32O/c18-17-15-13-11-9-7-5-3-1-2-4-6-8-10-12-14-16-17/h1,3,17-18H,2,4-16H2. The molecule has 106 valence electrons. The Kier molecular flexibility index (Phi) is 10.3. The molecule has 1 heteroatoms. The van der Waals surface area contributed by atoms with Crippen molar-refractivity contribution in [2.75, 3.05) is 0 Å². The minimum atomic E-state index is -0.0272. The Morgan fingerprint density at radius 1 is 0.556 bits per heavy atom. The first-order chi connectivity index (χ1) is 8.89. The number of aliphatic hydroxyl groups excluding tert-OH is 1. The summed E-state index contributed by atoms with van der Waals surface area (Å²) in [6.07, 6.45) is 22.5. The van der Waals surface area contributed by atoms with Crippen molar-refractivity contribution < 1.29 is 5.11 Å². The molecule has 0 aromatic heterocycles. The average Bonchev–Trinajstić information content (AvgIpc) is 2.37. The van der Waals surface area contributed by atoms with E-state index in [0.29, 0.717) is 0 Å². The quantitative estimate of drug-likeness (QED) is 0.574. The first-order valence-electron chi connectivity index (χ1n) is 8.22. The van der Waals surface area contributed by atoms with Crippen LogP contribution in [-0.4, -0.2) is 11.2 Å². The molecule has 0 radical (unpaired) electrons. The molecule has 0 heterocycles. The van der Waals surface area contributed by atoms with E-state index in [0.717, 1.165) is 12.8 Å². The van der Waals surface area contributed by atoms with Gasteiger partial charge in [0.1, 0.15) is 0 Å². The zero-order valence-corrected chi connectivity index (χ0v) is 12.1. The Labute approximate surface area is 114 Å². The Hall–Kier alpha value is -0.300. The van der Waals surface area contributed by atoms with Crippen LogP contribution in [0.15, 0.2) is 12.2 Å². The fourth-order valence-electron chi connectivity index (χ4n) is 2.73. The molecule has 18 heavy (non-hydrogen) atoms. The maximum absolute atomic E-state index is 9.85. The smallest absolute Gasteiger partial charge is 0.0540 e. The van der Waals surface area contributed by atoms with Gasteiger partial charge in [0.15, 0.2) is 0 Å². The monoisotopic (exact) mass is 252 g/mol. The minimum absolute atomic E-state index is 0.0272. The van der Waals surface area contributed by atoms with Crippen LogP contribution >= 0.6 is 0 Å². The Bertz CT molecular complexity index is 198. The van der Waals surface area contributed by atoms with Gasteiger partial charge < -0.3 is 5.11 Å². The molecule has 0 aromatic carbocycles. The molecule has 0 saturated carbocycles. The minimum Gasteiger partial charge on any atom is -0.393 e. The highest BCUT2D eigenvalue weighted by atomic mass is 16.3. The molecule has 0 fully saturated rings. The number of allylic oxidation sites excluding steroid dienone is 2. The van der Waals surface area contributed by atoms with Gasteiger partial charge in [0, 0.05) is 0 Å². The van der Waals surface area contributed by atoms with Crippen molar-refractivity contribution in [2.24, 2.45) is 0 Å². The lowest BCUT2D eigenvalue weighted by Gasteiger charge is -2.10. The summed E-state index contributed by atoms with van der Waals surface area (Å²) in [5.74, 6) is 0. The summed E-state index contributed by atoms with van der Waals surface area (Å²) in [5.41, 5.74) is 0. The molecule has 0 spiro atoms. The molecular weight excluding hydrogens is 220 g/mol. The zero-order chi connectivity index (χ0) is 12.9. The van der Waals surface area contributed by atoms with Crippen LogP contribution in [0.4, 0.5) is 0 Å². The normalized spacial score (nSPS) is 26.6. The van der Waals surface area contributed by atoms with Crippen molar-refractivity contribution in [2.45, 2.75) is 96.0 Å². The van der Waals surface area contributed by atoms with E-state index >= 15 is 0 Å². The summed E-state index contributed by atoms with van der Waals surface area (Å²) in [6, 6.07) is 0. The van der Waals surface area contributed by atoms with Gasteiger partial charge in [-0.25, -0.2) is 0 Å². The highest BCUT2D eigenvalue weighted by molar-refractivity contribution is 4.81. The molecule has 1 nitrogen and oxygen atoms in total. The van der Waals surface area contributed by atoms with Crippen LogP contribution in [0, 0.1) is 0 Å². The van der Waals surface area contributed by atoms with Crippen molar-refractivity contribution in [1.82, 2.24) is 0 Å². The SMILES string of the molecule is OC1CCCCCCC=CCCCCCCCC1. The van der Waals surface area contributed by atoms with E-state index in [4.69, 9.17) is 0 Å². The van der Waals surface area contributed by atoms with Gasteiger partial charge in [0.05, 0.1) is 6.10 Å². The summed E-state index contributed by atoms with van der Waals surface area (Å²) < 4.78 is 0. The second-order valence-corrected chi connectivity index (χ2v) is 5.82. The Morgan fingerprint density at radius 3 is 1.44 bits per heavy atom. The van der Waals surface area contributed by atoms with Gasteiger partial charge >= 0.3 is 0 Å². The van der Waals surface area contributed by atoms with E-state index in [1.165, 1.54) is 77.0 Å². The van der Waals surface area contributed by atoms with Crippen LogP contribution in [0.3, 0.4) is 0 Å². The molecule has 1 aliphatic rings. The lowest BCUT2D eigenvalue weighted by molar-refractivity contribution is 0.147. The van der Waals surface area contributed by atoms with E-state index in [9.17, 15) is 5.11 Å². The lowest BCUT2D eigenvalue weighted by Crippen LogP contribution is -2.05. The van der Waals surface area contributed by atoms with Gasteiger partial charge in [-0.15, -0.1) is 0 Å². The Balaban J connectivity index is 2.15. The summed E-state index contributed by atoms with van der Waals surface area (Å²) in [7, 11) is 0. The second-order valence-electron chi connectivity index (χ2n) is 5.82. The van der Waals surface area contributed by atoms with Crippen LogP contribution in [0.5, 0.6) is 0 Å². The Morgan fingerprint density at radius 2 is 0.944 bits per heavy atom. The molecule has 0 aliphatic heterocycles. The summed E-state index contributed by atoms with van der Waals surface area (Å²) in [4.78, 5) is 0. The van der Waals surface area contributed by atoms with E-state index in [2.05, 4.69) is 12.2 Å². The molecular formula is C17H32O. The van der Waals surface area contributed by atoms with Crippen molar-refractivity contribution in [3.8, 4) is 0 Å². The fourth-order valence-corrected chi connectivity index (χ4v) is 2.73. The highest BCUT2D eigenvalue weighted by Crippen LogP contribution is 2.14. The van der Waals surface area contributed by atoms with Gasteiger partial charge in [0.2, 0.25) is 0 Å². The number of aliphatic hydroxyl groups is 1. The molecule has 0 saturated heterocycles. The topological polar surface area (TPSA) is 20.2 Å². The third-order valence-corrected chi connectivity index (χ3v) is 3.98. The molecule has 0 aromatic rings. The predicted molar refractivity (Wildman–Crippen MR) is 79.8 cm³/mol. The van der Waals surface area contributed by atoms with Crippen LogP contribution in [0.25, 0.3) is 0 Å². The number of hydrogen-bond acceptors (Lipinski definition) is 1. The largest absolute Gasteiger partial charge is 0.393 e. The molecule has 0 bridgehead atoms. The summed E-state index contributed by atoms with van der Waals surface area (Å²) in [5, 5.41) is 9.85. The van der Waals surface area contributed by atoms with Gasteiger partial charge in [-0.3, -0.25) is 0 Å². The van der Waals surface area contributed by atoms with E-state index < -0.39 is 0 Å². The molecule has 1 atom stereocenters. The van der Waals surface area contributed by atoms with E-state index in [1.54, 1.807) is 0 Å². The highest BCUT2D eigenvalue weighted by Gasteiger charge is 2.03. The maximum Gasteiger partial charge on any atom is 0.0540 e. The van der Waals surface area contributed by atoms with Crippen molar-refractivity contribution in [3.05, 3.63) is 12.2 Å². The third kappa shape index (κ3) is 9.70.